The van der Waals surface area contributed by atoms with Crippen molar-refractivity contribution in [1.82, 2.24) is 5.32 Å². The summed E-state index contributed by atoms with van der Waals surface area (Å²) in [4.78, 5) is 37.2. The van der Waals surface area contributed by atoms with Crippen LogP contribution in [0.15, 0.2) is 18.2 Å². The van der Waals surface area contributed by atoms with Gasteiger partial charge in [0.15, 0.2) is 0 Å². The van der Waals surface area contributed by atoms with Gasteiger partial charge in [-0.3, -0.25) is 14.9 Å². The number of thiophene rings is 1. The van der Waals surface area contributed by atoms with Gasteiger partial charge in [0.1, 0.15) is 5.00 Å². The number of fused-ring (bicyclic) bond motifs is 1. The van der Waals surface area contributed by atoms with Crippen LogP contribution < -0.4 is 10.6 Å². The van der Waals surface area contributed by atoms with Gasteiger partial charge in [-0.15, -0.1) is 11.3 Å². The Kier molecular flexibility index (Phi) is 6.14. The molecular weight excluding hydrogens is 442 g/mol. The second-order valence-corrected chi connectivity index (χ2v) is 9.95. The molecule has 0 bridgehead atoms. The number of halogens is 1. The summed E-state index contributed by atoms with van der Waals surface area (Å²) in [5.41, 5.74) is 0.142. The molecule has 166 valence electrons. The lowest BCUT2D eigenvalue weighted by Gasteiger charge is -2.42. The number of hydrogen-bond donors (Lipinski definition) is 2. The number of anilines is 1. The molecule has 0 fully saturated rings. The Labute approximate surface area is 189 Å². The fraction of sp³-hybridized carbons (Fsp3) is 0.429. The number of esters is 1. The Morgan fingerprint density at radius 3 is 2.61 bits per heavy atom. The summed E-state index contributed by atoms with van der Waals surface area (Å²) in [5, 5.41) is 17.8. The second-order valence-electron chi connectivity index (χ2n) is 8.52. The average molecular weight is 466 g/mol. The second kappa shape index (κ2) is 8.22. The first-order chi connectivity index (χ1) is 14.4. The molecule has 0 saturated carbocycles. The topological polar surface area (TPSA) is 111 Å². The minimum atomic E-state index is -0.636. The molecule has 10 heteroatoms. The zero-order valence-corrected chi connectivity index (χ0v) is 19.5. The normalized spacial score (nSPS) is 16.3. The van der Waals surface area contributed by atoms with Crippen molar-refractivity contribution >= 4 is 45.5 Å². The summed E-state index contributed by atoms with van der Waals surface area (Å²) in [6, 6.07) is 3.64. The molecule has 8 nitrogen and oxygen atoms in total. The Morgan fingerprint density at radius 2 is 2.00 bits per heavy atom. The summed E-state index contributed by atoms with van der Waals surface area (Å²) in [6.07, 6.45) is 0.573. The van der Waals surface area contributed by atoms with Gasteiger partial charge in [-0.2, -0.15) is 0 Å². The third-order valence-electron chi connectivity index (χ3n) is 4.96. The van der Waals surface area contributed by atoms with E-state index in [4.69, 9.17) is 16.3 Å². The van der Waals surface area contributed by atoms with Gasteiger partial charge in [-0.1, -0.05) is 11.6 Å². The lowest BCUT2D eigenvalue weighted by molar-refractivity contribution is -0.384. The quantitative estimate of drug-likeness (QED) is 0.369. The molecule has 3 rings (SSSR count). The first-order valence-electron chi connectivity index (χ1n) is 9.74. The van der Waals surface area contributed by atoms with E-state index in [0.717, 1.165) is 16.5 Å². The SMILES string of the molecule is CCOC(=O)c1c(NC(=O)c2cc([N+](=O)[O-])ccc2Cl)sc2c1CC(C)(C)NC2(C)C. The van der Waals surface area contributed by atoms with Crippen LogP contribution in [0.25, 0.3) is 0 Å². The first-order valence-corrected chi connectivity index (χ1v) is 10.9. The third-order valence-corrected chi connectivity index (χ3v) is 6.76. The van der Waals surface area contributed by atoms with Gasteiger partial charge in [0, 0.05) is 28.1 Å². The molecule has 0 unspecified atom stereocenters. The van der Waals surface area contributed by atoms with Crippen LogP contribution in [0.4, 0.5) is 10.7 Å². The summed E-state index contributed by atoms with van der Waals surface area (Å²) in [5.74, 6) is -1.16. The van der Waals surface area contributed by atoms with Gasteiger partial charge in [0.25, 0.3) is 11.6 Å². The number of benzene rings is 1. The summed E-state index contributed by atoms with van der Waals surface area (Å²) in [7, 11) is 0. The van der Waals surface area contributed by atoms with E-state index in [2.05, 4.69) is 10.6 Å². The van der Waals surface area contributed by atoms with Crippen molar-refractivity contribution in [3.63, 3.8) is 0 Å². The molecular formula is C21H24ClN3O5S. The van der Waals surface area contributed by atoms with Crippen molar-refractivity contribution < 1.29 is 19.2 Å². The number of carbonyl (C=O) groups is 2. The van der Waals surface area contributed by atoms with E-state index in [-0.39, 0.29) is 28.4 Å². The van der Waals surface area contributed by atoms with Crippen LogP contribution >= 0.6 is 22.9 Å². The van der Waals surface area contributed by atoms with Gasteiger partial charge in [0.2, 0.25) is 0 Å². The fourth-order valence-electron chi connectivity index (χ4n) is 4.01. The zero-order chi connectivity index (χ0) is 23.1. The molecule has 2 aromatic rings. The number of non-ortho nitro benzene ring substituents is 1. The van der Waals surface area contributed by atoms with Gasteiger partial charge in [-0.25, -0.2) is 4.79 Å². The number of nitro groups is 1. The largest absolute Gasteiger partial charge is 0.462 e. The first kappa shape index (κ1) is 23.2. The van der Waals surface area contributed by atoms with Crippen molar-refractivity contribution in [2.24, 2.45) is 0 Å². The van der Waals surface area contributed by atoms with Gasteiger partial charge >= 0.3 is 5.97 Å². The zero-order valence-electron chi connectivity index (χ0n) is 17.9. The van der Waals surface area contributed by atoms with Crippen molar-refractivity contribution in [2.45, 2.75) is 52.1 Å². The van der Waals surface area contributed by atoms with Gasteiger partial charge in [0.05, 0.1) is 27.7 Å². The molecule has 1 aliphatic heterocycles. The van der Waals surface area contributed by atoms with E-state index in [1.165, 1.54) is 23.5 Å². The van der Waals surface area contributed by atoms with Crippen LogP contribution in [-0.2, 0) is 16.7 Å². The Hall–Kier alpha value is -2.49. The van der Waals surface area contributed by atoms with Gasteiger partial charge in [-0.05, 0) is 52.7 Å². The predicted octanol–water partition coefficient (Wildman–Crippen LogP) is 4.90. The maximum absolute atomic E-state index is 13.0. The minimum absolute atomic E-state index is 0.0465. The van der Waals surface area contributed by atoms with Crippen molar-refractivity contribution in [3.8, 4) is 0 Å². The molecule has 0 atom stereocenters. The molecule has 31 heavy (non-hydrogen) atoms. The van der Waals surface area contributed by atoms with Crippen LogP contribution in [0, 0.1) is 10.1 Å². The number of nitrogens with zero attached hydrogens (tertiary/aromatic N) is 1. The molecule has 1 aromatic heterocycles. The van der Waals surface area contributed by atoms with Crippen molar-refractivity contribution in [3.05, 3.63) is 54.9 Å². The minimum Gasteiger partial charge on any atom is -0.462 e. The monoisotopic (exact) mass is 465 g/mol. The molecule has 0 saturated heterocycles. The number of ether oxygens (including phenoxy) is 1. The van der Waals surface area contributed by atoms with E-state index in [0.29, 0.717) is 17.0 Å². The third kappa shape index (κ3) is 4.58. The Balaban J connectivity index is 2.09. The number of hydrogen-bond acceptors (Lipinski definition) is 7. The van der Waals surface area contributed by atoms with Crippen LogP contribution in [0.5, 0.6) is 0 Å². The standard InChI is InChI=1S/C21H24ClN3O5S/c1-6-30-19(27)15-13-10-20(2,3)24-21(4,5)16(13)31-18(15)23-17(26)12-9-11(25(28)29)7-8-14(12)22/h7-9,24H,6,10H2,1-5H3,(H,23,26). The van der Waals surface area contributed by atoms with E-state index in [9.17, 15) is 19.7 Å². The number of carbonyl (C=O) groups excluding carboxylic acids is 2. The lowest BCUT2D eigenvalue weighted by Crippen LogP contribution is -2.55. The number of nitro benzene ring substituents is 1. The molecule has 1 aromatic carbocycles. The lowest BCUT2D eigenvalue weighted by atomic mass is 9.81. The van der Waals surface area contributed by atoms with E-state index in [1.807, 2.05) is 27.7 Å². The Morgan fingerprint density at radius 1 is 1.32 bits per heavy atom. The predicted molar refractivity (Wildman–Crippen MR) is 120 cm³/mol. The van der Waals surface area contributed by atoms with Crippen LogP contribution in [0.3, 0.4) is 0 Å². The van der Waals surface area contributed by atoms with Crippen molar-refractivity contribution in [1.29, 1.82) is 0 Å². The summed E-state index contributed by atoms with van der Waals surface area (Å²) >= 11 is 7.41. The number of nitrogens with one attached hydrogen (secondary N) is 2. The highest BCUT2D eigenvalue weighted by Crippen LogP contribution is 2.45. The molecule has 0 radical (unpaired) electrons. The summed E-state index contributed by atoms with van der Waals surface area (Å²) < 4.78 is 5.27. The molecule has 0 aliphatic carbocycles. The molecule has 0 spiro atoms. The van der Waals surface area contributed by atoms with E-state index < -0.39 is 22.3 Å². The molecule has 2 heterocycles. The maximum Gasteiger partial charge on any atom is 0.341 e. The maximum atomic E-state index is 13.0. The molecule has 1 amide bonds. The van der Waals surface area contributed by atoms with E-state index >= 15 is 0 Å². The Bertz CT molecular complexity index is 1080. The smallest absolute Gasteiger partial charge is 0.341 e. The van der Waals surface area contributed by atoms with Crippen LogP contribution in [-0.4, -0.2) is 28.9 Å². The highest BCUT2D eigenvalue weighted by Gasteiger charge is 2.42. The van der Waals surface area contributed by atoms with E-state index in [1.54, 1.807) is 6.92 Å². The average Bonchev–Trinajstić information content (AvgIpc) is 2.98. The number of amides is 1. The fourth-order valence-corrected chi connectivity index (χ4v) is 5.47. The highest BCUT2D eigenvalue weighted by molar-refractivity contribution is 7.17. The summed E-state index contributed by atoms with van der Waals surface area (Å²) in [6.45, 7) is 10.0. The molecule has 1 aliphatic rings. The highest BCUT2D eigenvalue weighted by atomic mass is 35.5. The van der Waals surface area contributed by atoms with Gasteiger partial charge < -0.3 is 15.4 Å². The van der Waals surface area contributed by atoms with Crippen LogP contribution in [0.1, 0.15) is 65.8 Å². The number of rotatable bonds is 5. The molecule has 2 N–H and O–H groups in total. The van der Waals surface area contributed by atoms with Crippen molar-refractivity contribution in [2.75, 3.05) is 11.9 Å². The van der Waals surface area contributed by atoms with Crippen LogP contribution in [0.2, 0.25) is 5.02 Å².